The summed E-state index contributed by atoms with van der Waals surface area (Å²) in [6, 6.07) is 0. The van der Waals surface area contributed by atoms with E-state index in [9.17, 15) is 9.59 Å². The van der Waals surface area contributed by atoms with Gasteiger partial charge in [-0.2, -0.15) is 0 Å². The van der Waals surface area contributed by atoms with Crippen LogP contribution in [0.15, 0.2) is 0 Å². The number of hydrogen-bond donors (Lipinski definition) is 0. The molecule has 0 radical (unpaired) electrons. The highest BCUT2D eigenvalue weighted by Gasteiger charge is 2.10. The van der Waals surface area contributed by atoms with Crippen LogP contribution < -0.4 is 0 Å². The van der Waals surface area contributed by atoms with E-state index in [1.54, 1.807) is 0 Å². The van der Waals surface area contributed by atoms with E-state index in [1.165, 1.54) is 57.8 Å². The third kappa shape index (κ3) is 25.6. The zero-order valence-electron chi connectivity index (χ0n) is 23.5. The van der Waals surface area contributed by atoms with Crippen molar-refractivity contribution >= 4 is 11.9 Å². The minimum absolute atomic E-state index is 0.0183. The Labute approximate surface area is 212 Å². The number of rotatable bonds is 24. The third-order valence-electron chi connectivity index (χ3n) is 6.47. The predicted molar refractivity (Wildman–Crippen MR) is 144 cm³/mol. The molecule has 4 nitrogen and oxygen atoms in total. The van der Waals surface area contributed by atoms with Gasteiger partial charge in [-0.25, -0.2) is 0 Å². The van der Waals surface area contributed by atoms with Gasteiger partial charge in [-0.15, -0.1) is 0 Å². The molecule has 4 heteroatoms. The van der Waals surface area contributed by atoms with Crippen LogP contribution in [0.1, 0.15) is 150 Å². The van der Waals surface area contributed by atoms with Crippen molar-refractivity contribution in [2.75, 3.05) is 13.2 Å². The number of esters is 2. The van der Waals surface area contributed by atoms with Crippen molar-refractivity contribution in [3.8, 4) is 0 Å². The molecule has 0 aliphatic rings. The first-order valence-corrected chi connectivity index (χ1v) is 14.6. The SMILES string of the molecule is CC(C)CCCOC(=O)CCCCCCCCCCCCCC(C)CC(=O)OCCCC(C)C. The van der Waals surface area contributed by atoms with E-state index < -0.39 is 0 Å². The van der Waals surface area contributed by atoms with Gasteiger partial charge in [0.2, 0.25) is 0 Å². The molecule has 0 aliphatic heterocycles. The van der Waals surface area contributed by atoms with E-state index in [1.807, 2.05) is 0 Å². The molecular formula is C30H58O4. The molecule has 0 bridgehead atoms. The molecule has 0 rings (SSSR count). The summed E-state index contributed by atoms with van der Waals surface area (Å²) in [4.78, 5) is 23.5. The van der Waals surface area contributed by atoms with Gasteiger partial charge in [0.15, 0.2) is 0 Å². The van der Waals surface area contributed by atoms with E-state index in [4.69, 9.17) is 9.47 Å². The zero-order chi connectivity index (χ0) is 25.4. The van der Waals surface area contributed by atoms with Crippen molar-refractivity contribution in [1.82, 2.24) is 0 Å². The minimum Gasteiger partial charge on any atom is -0.466 e. The average Bonchev–Trinajstić information content (AvgIpc) is 2.77. The quantitative estimate of drug-likeness (QED) is 0.102. The Kier molecular flexibility index (Phi) is 22.9. The predicted octanol–water partition coefficient (Wildman–Crippen LogP) is 9.04. The van der Waals surface area contributed by atoms with E-state index >= 15 is 0 Å². The first kappa shape index (κ1) is 32.9. The average molecular weight is 483 g/mol. The smallest absolute Gasteiger partial charge is 0.306 e. The molecule has 0 fully saturated rings. The standard InChI is InChI=1S/C30H58O4/c1-26(2)19-17-23-33-29(31)22-16-14-12-10-8-6-7-9-11-13-15-21-28(5)25-30(32)34-24-18-20-27(3)4/h26-28H,6-25H2,1-5H3. The molecule has 0 spiro atoms. The largest absolute Gasteiger partial charge is 0.466 e. The number of hydrogen-bond acceptors (Lipinski definition) is 4. The maximum atomic E-state index is 11.9. The number of ether oxygens (including phenoxy) is 2. The molecule has 0 saturated heterocycles. The van der Waals surface area contributed by atoms with Gasteiger partial charge in [-0.1, -0.05) is 105 Å². The van der Waals surface area contributed by atoms with Gasteiger partial charge < -0.3 is 9.47 Å². The van der Waals surface area contributed by atoms with Crippen molar-refractivity contribution in [2.45, 2.75) is 150 Å². The molecule has 1 atom stereocenters. The summed E-state index contributed by atoms with van der Waals surface area (Å²) < 4.78 is 10.6. The minimum atomic E-state index is -0.0201. The van der Waals surface area contributed by atoms with Crippen LogP contribution in [0.5, 0.6) is 0 Å². The van der Waals surface area contributed by atoms with Crippen LogP contribution in [-0.2, 0) is 19.1 Å². The fourth-order valence-electron chi connectivity index (χ4n) is 4.23. The highest BCUT2D eigenvalue weighted by molar-refractivity contribution is 5.69. The fourth-order valence-corrected chi connectivity index (χ4v) is 4.23. The lowest BCUT2D eigenvalue weighted by molar-refractivity contribution is -0.145. The van der Waals surface area contributed by atoms with Gasteiger partial charge >= 0.3 is 11.9 Å². The Morgan fingerprint density at radius 2 is 0.912 bits per heavy atom. The van der Waals surface area contributed by atoms with Gasteiger partial charge in [0.25, 0.3) is 0 Å². The normalized spacial score (nSPS) is 12.3. The summed E-state index contributed by atoms with van der Waals surface area (Å²) in [5.74, 6) is 1.75. The first-order valence-electron chi connectivity index (χ1n) is 14.6. The molecule has 0 aromatic carbocycles. The Bertz CT molecular complexity index is 472. The van der Waals surface area contributed by atoms with E-state index in [0.29, 0.717) is 43.8 Å². The summed E-state index contributed by atoms with van der Waals surface area (Å²) in [5.41, 5.74) is 0. The molecule has 0 aromatic rings. The molecule has 0 amide bonds. The van der Waals surface area contributed by atoms with Gasteiger partial charge in [-0.3, -0.25) is 9.59 Å². The van der Waals surface area contributed by atoms with E-state index in [0.717, 1.165) is 44.9 Å². The molecule has 1 unspecified atom stereocenters. The Hall–Kier alpha value is -1.06. The van der Waals surface area contributed by atoms with Crippen molar-refractivity contribution in [1.29, 1.82) is 0 Å². The molecule has 0 heterocycles. The molecule has 0 saturated carbocycles. The zero-order valence-corrected chi connectivity index (χ0v) is 23.5. The fraction of sp³-hybridized carbons (Fsp3) is 0.933. The van der Waals surface area contributed by atoms with Crippen LogP contribution in [0.25, 0.3) is 0 Å². The molecule has 0 N–H and O–H groups in total. The summed E-state index contributed by atoms with van der Waals surface area (Å²) in [5, 5.41) is 0. The van der Waals surface area contributed by atoms with Gasteiger partial charge in [-0.05, 0) is 49.9 Å². The Morgan fingerprint density at radius 3 is 1.38 bits per heavy atom. The summed E-state index contributed by atoms with van der Waals surface area (Å²) in [6.07, 6.45) is 20.3. The second-order valence-electron chi connectivity index (χ2n) is 11.3. The van der Waals surface area contributed by atoms with Crippen LogP contribution in [0.4, 0.5) is 0 Å². The molecular weight excluding hydrogens is 424 g/mol. The number of carbonyl (C=O) groups is 2. The van der Waals surface area contributed by atoms with Gasteiger partial charge in [0, 0.05) is 12.8 Å². The van der Waals surface area contributed by atoms with Crippen LogP contribution in [0, 0.1) is 17.8 Å². The second kappa shape index (κ2) is 23.7. The lowest BCUT2D eigenvalue weighted by Gasteiger charge is -2.11. The van der Waals surface area contributed by atoms with Crippen LogP contribution in [0.3, 0.4) is 0 Å². The van der Waals surface area contributed by atoms with Gasteiger partial charge in [0.05, 0.1) is 13.2 Å². The Morgan fingerprint density at radius 1 is 0.500 bits per heavy atom. The monoisotopic (exact) mass is 482 g/mol. The first-order chi connectivity index (χ1) is 16.3. The summed E-state index contributed by atoms with van der Waals surface area (Å²) >= 11 is 0. The topological polar surface area (TPSA) is 52.6 Å². The lowest BCUT2D eigenvalue weighted by atomic mass is 9.99. The number of unbranched alkanes of at least 4 members (excludes halogenated alkanes) is 10. The van der Waals surface area contributed by atoms with Gasteiger partial charge in [0.1, 0.15) is 0 Å². The van der Waals surface area contributed by atoms with Crippen molar-refractivity contribution in [2.24, 2.45) is 17.8 Å². The van der Waals surface area contributed by atoms with Crippen molar-refractivity contribution in [3.05, 3.63) is 0 Å². The van der Waals surface area contributed by atoms with Crippen LogP contribution >= 0.6 is 0 Å². The van der Waals surface area contributed by atoms with E-state index in [2.05, 4.69) is 34.6 Å². The van der Waals surface area contributed by atoms with Crippen LogP contribution in [-0.4, -0.2) is 25.2 Å². The summed E-state index contributed by atoms with van der Waals surface area (Å²) in [7, 11) is 0. The highest BCUT2D eigenvalue weighted by atomic mass is 16.5. The van der Waals surface area contributed by atoms with E-state index in [-0.39, 0.29) is 11.9 Å². The molecule has 202 valence electrons. The summed E-state index contributed by atoms with van der Waals surface area (Å²) in [6.45, 7) is 12.1. The third-order valence-corrected chi connectivity index (χ3v) is 6.47. The maximum absolute atomic E-state index is 11.9. The van der Waals surface area contributed by atoms with Crippen LogP contribution in [0.2, 0.25) is 0 Å². The molecule has 34 heavy (non-hydrogen) atoms. The highest BCUT2D eigenvalue weighted by Crippen LogP contribution is 2.17. The van der Waals surface area contributed by atoms with Crippen molar-refractivity contribution < 1.29 is 19.1 Å². The lowest BCUT2D eigenvalue weighted by Crippen LogP contribution is -2.11. The Balaban J connectivity index is 3.33. The molecule has 0 aliphatic carbocycles. The maximum Gasteiger partial charge on any atom is 0.306 e. The van der Waals surface area contributed by atoms with Crippen molar-refractivity contribution in [3.63, 3.8) is 0 Å². The number of carbonyl (C=O) groups excluding carboxylic acids is 2. The second-order valence-corrected chi connectivity index (χ2v) is 11.3. The molecule has 0 aromatic heterocycles.